The van der Waals surface area contributed by atoms with Crippen molar-refractivity contribution >= 4 is 17.5 Å². The van der Waals surface area contributed by atoms with E-state index in [1.807, 2.05) is 24.3 Å². The lowest BCUT2D eigenvalue weighted by Crippen LogP contribution is -2.50. The SMILES string of the molecule is CC1C(N)CCCN1c1n[nH]c(-c2ccc(Cl)cc2)n1. The van der Waals surface area contributed by atoms with Gasteiger partial charge in [0.05, 0.1) is 0 Å². The fraction of sp³-hybridized carbons (Fsp3) is 0.429. The molecule has 1 aromatic heterocycles. The van der Waals surface area contributed by atoms with Crippen molar-refractivity contribution in [3.8, 4) is 11.4 Å². The van der Waals surface area contributed by atoms with Gasteiger partial charge in [0, 0.05) is 29.2 Å². The van der Waals surface area contributed by atoms with Crippen LogP contribution in [0.25, 0.3) is 11.4 Å². The number of benzene rings is 1. The van der Waals surface area contributed by atoms with Crippen LogP contribution in [0.5, 0.6) is 0 Å². The monoisotopic (exact) mass is 291 g/mol. The van der Waals surface area contributed by atoms with E-state index in [2.05, 4.69) is 27.0 Å². The number of nitrogens with zero attached hydrogens (tertiary/aromatic N) is 3. The van der Waals surface area contributed by atoms with E-state index in [-0.39, 0.29) is 12.1 Å². The van der Waals surface area contributed by atoms with E-state index < -0.39 is 0 Å². The van der Waals surface area contributed by atoms with Crippen LogP contribution in [0.2, 0.25) is 5.02 Å². The van der Waals surface area contributed by atoms with Crippen molar-refractivity contribution in [3.63, 3.8) is 0 Å². The molecule has 0 saturated carbocycles. The van der Waals surface area contributed by atoms with Gasteiger partial charge in [-0.15, -0.1) is 5.10 Å². The van der Waals surface area contributed by atoms with E-state index in [9.17, 15) is 0 Å². The van der Waals surface area contributed by atoms with Gasteiger partial charge in [0.1, 0.15) is 0 Å². The number of aromatic nitrogens is 3. The smallest absolute Gasteiger partial charge is 0.245 e. The predicted octanol–water partition coefficient (Wildman–Crippen LogP) is 2.44. The van der Waals surface area contributed by atoms with Gasteiger partial charge in [0.15, 0.2) is 5.82 Å². The van der Waals surface area contributed by atoms with Crippen LogP contribution in [0.15, 0.2) is 24.3 Å². The van der Waals surface area contributed by atoms with Crippen molar-refractivity contribution in [2.75, 3.05) is 11.4 Å². The van der Waals surface area contributed by atoms with Crippen LogP contribution < -0.4 is 10.6 Å². The minimum absolute atomic E-state index is 0.182. The molecule has 1 aliphatic rings. The topological polar surface area (TPSA) is 70.8 Å². The molecule has 5 nitrogen and oxygen atoms in total. The molecule has 106 valence electrons. The summed E-state index contributed by atoms with van der Waals surface area (Å²) < 4.78 is 0. The van der Waals surface area contributed by atoms with Crippen LogP contribution in [0.1, 0.15) is 19.8 Å². The third-order valence-electron chi connectivity index (χ3n) is 3.90. The highest BCUT2D eigenvalue weighted by Crippen LogP contribution is 2.24. The Morgan fingerprint density at radius 1 is 1.35 bits per heavy atom. The molecule has 3 N–H and O–H groups in total. The van der Waals surface area contributed by atoms with Gasteiger partial charge in [-0.25, -0.2) is 0 Å². The maximum absolute atomic E-state index is 6.12. The van der Waals surface area contributed by atoms with Crippen LogP contribution >= 0.6 is 11.6 Å². The van der Waals surface area contributed by atoms with Crippen LogP contribution in [-0.4, -0.2) is 33.8 Å². The van der Waals surface area contributed by atoms with E-state index in [1.54, 1.807) is 0 Å². The second-order valence-corrected chi connectivity index (χ2v) is 5.67. The number of halogens is 1. The zero-order chi connectivity index (χ0) is 14.1. The molecule has 0 aliphatic carbocycles. The van der Waals surface area contributed by atoms with Crippen molar-refractivity contribution in [2.45, 2.75) is 31.8 Å². The summed E-state index contributed by atoms with van der Waals surface area (Å²) in [6.45, 7) is 3.08. The van der Waals surface area contributed by atoms with Gasteiger partial charge < -0.3 is 10.6 Å². The fourth-order valence-corrected chi connectivity index (χ4v) is 2.70. The van der Waals surface area contributed by atoms with Crippen molar-refractivity contribution in [3.05, 3.63) is 29.3 Å². The lowest BCUT2D eigenvalue weighted by molar-refractivity contribution is 0.416. The van der Waals surface area contributed by atoms with Gasteiger partial charge >= 0.3 is 0 Å². The molecular formula is C14H18ClN5. The van der Waals surface area contributed by atoms with Gasteiger partial charge in [-0.1, -0.05) is 11.6 Å². The van der Waals surface area contributed by atoms with Gasteiger partial charge in [-0.05, 0) is 44.0 Å². The molecular weight excluding hydrogens is 274 g/mol. The Morgan fingerprint density at radius 2 is 2.10 bits per heavy atom. The Bertz CT molecular complexity index is 580. The lowest BCUT2D eigenvalue weighted by Gasteiger charge is -2.36. The first-order valence-electron chi connectivity index (χ1n) is 6.86. The quantitative estimate of drug-likeness (QED) is 0.891. The Hall–Kier alpha value is -1.59. The zero-order valence-electron chi connectivity index (χ0n) is 11.4. The average Bonchev–Trinajstić information content (AvgIpc) is 2.92. The normalized spacial score (nSPS) is 23.1. The summed E-state index contributed by atoms with van der Waals surface area (Å²) in [5, 5.41) is 8.02. The number of H-pyrrole nitrogens is 1. The van der Waals surface area contributed by atoms with Gasteiger partial charge in [0.2, 0.25) is 5.95 Å². The number of nitrogens with one attached hydrogen (secondary N) is 1. The maximum atomic E-state index is 6.12. The number of aromatic amines is 1. The highest BCUT2D eigenvalue weighted by Gasteiger charge is 2.27. The standard InChI is InChI=1S/C14H18ClN5/c1-9-12(16)3-2-8-20(9)14-17-13(18-19-14)10-4-6-11(15)7-5-10/h4-7,9,12H,2-3,8,16H2,1H3,(H,17,18,19). The molecule has 1 fully saturated rings. The van der Waals surface area contributed by atoms with Crippen LogP contribution in [0.3, 0.4) is 0 Å². The molecule has 0 amide bonds. The highest BCUT2D eigenvalue weighted by molar-refractivity contribution is 6.30. The lowest BCUT2D eigenvalue weighted by atomic mass is 9.99. The molecule has 2 unspecified atom stereocenters. The second-order valence-electron chi connectivity index (χ2n) is 5.23. The molecule has 0 spiro atoms. The summed E-state index contributed by atoms with van der Waals surface area (Å²) in [6.07, 6.45) is 2.14. The molecule has 0 bridgehead atoms. The molecule has 1 aliphatic heterocycles. The van der Waals surface area contributed by atoms with E-state index in [4.69, 9.17) is 17.3 Å². The first kappa shape index (κ1) is 13.4. The Kier molecular flexibility index (Phi) is 3.63. The molecule has 2 heterocycles. The van der Waals surface area contributed by atoms with E-state index in [1.165, 1.54) is 0 Å². The number of nitrogens with two attached hydrogens (primary N) is 1. The molecule has 2 aromatic rings. The molecule has 1 saturated heterocycles. The van der Waals surface area contributed by atoms with Crippen LogP contribution in [0.4, 0.5) is 5.95 Å². The molecule has 1 aromatic carbocycles. The predicted molar refractivity (Wildman–Crippen MR) is 80.8 cm³/mol. The number of piperidine rings is 1. The minimum atomic E-state index is 0.182. The van der Waals surface area contributed by atoms with E-state index >= 15 is 0 Å². The van der Waals surface area contributed by atoms with Crippen molar-refractivity contribution < 1.29 is 0 Å². The van der Waals surface area contributed by atoms with Gasteiger partial charge in [0.25, 0.3) is 0 Å². The third kappa shape index (κ3) is 2.51. The molecule has 6 heteroatoms. The highest BCUT2D eigenvalue weighted by atomic mass is 35.5. The first-order valence-corrected chi connectivity index (χ1v) is 7.23. The van der Waals surface area contributed by atoms with Gasteiger partial charge in [-0.2, -0.15) is 4.98 Å². The van der Waals surface area contributed by atoms with Crippen LogP contribution in [-0.2, 0) is 0 Å². The Morgan fingerprint density at radius 3 is 2.85 bits per heavy atom. The number of hydrogen-bond acceptors (Lipinski definition) is 4. The largest absolute Gasteiger partial charge is 0.335 e. The van der Waals surface area contributed by atoms with Crippen molar-refractivity contribution in [1.29, 1.82) is 0 Å². The first-order chi connectivity index (χ1) is 9.65. The number of hydrogen-bond donors (Lipinski definition) is 2. The number of anilines is 1. The summed E-state index contributed by atoms with van der Waals surface area (Å²) in [5.74, 6) is 1.47. The van der Waals surface area contributed by atoms with E-state index in [0.29, 0.717) is 5.02 Å². The minimum Gasteiger partial charge on any atom is -0.335 e. The van der Waals surface area contributed by atoms with Crippen LogP contribution in [0, 0.1) is 0 Å². The zero-order valence-corrected chi connectivity index (χ0v) is 12.1. The average molecular weight is 292 g/mol. The summed E-state index contributed by atoms with van der Waals surface area (Å²) in [4.78, 5) is 6.75. The maximum Gasteiger partial charge on any atom is 0.245 e. The molecule has 20 heavy (non-hydrogen) atoms. The third-order valence-corrected chi connectivity index (χ3v) is 4.15. The second kappa shape index (κ2) is 5.42. The van der Waals surface area contributed by atoms with Crippen molar-refractivity contribution in [2.24, 2.45) is 5.73 Å². The summed E-state index contributed by atoms with van der Waals surface area (Å²) >= 11 is 5.89. The molecule has 3 rings (SSSR count). The Labute approximate surface area is 123 Å². The Balaban J connectivity index is 1.84. The molecule has 0 radical (unpaired) electrons. The van der Waals surface area contributed by atoms with E-state index in [0.717, 1.165) is 36.7 Å². The van der Waals surface area contributed by atoms with Gasteiger partial charge in [-0.3, -0.25) is 5.10 Å². The fourth-order valence-electron chi connectivity index (χ4n) is 2.57. The van der Waals surface area contributed by atoms with Crippen molar-refractivity contribution in [1.82, 2.24) is 15.2 Å². The number of rotatable bonds is 2. The summed E-state index contributed by atoms with van der Waals surface area (Å²) in [7, 11) is 0. The molecule has 2 atom stereocenters. The summed E-state index contributed by atoms with van der Waals surface area (Å²) in [5.41, 5.74) is 7.09. The summed E-state index contributed by atoms with van der Waals surface area (Å²) in [6, 6.07) is 7.99.